The molecule has 3 atom stereocenters. The lowest BCUT2D eigenvalue weighted by Crippen LogP contribution is -2.41. The van der Waals surface area contributed by atoms with Crippen LogP contribution in [0.5, 0.6) is 0 Å². The van der Waals surface area contributed by atoms with E-state index in [4.69, 9.17) is 0 Å². The fraction of sp³-hybridized carbons (Fsp3) is 0.684. The van der Waals surface area contributed by atoms with Crippen molar-refractivity contribution in [3.8, 4) is 0 Å². The van der Waals surface area contributed by atoms with Crippen molar-refractivity contribution in [1.29, 1.82) is 0 Å². The van der Waals surface area contributed by atoms with E-state index in [0.717, 1.165) is 24.3 Å². The molecule has 0 bridgehead atoms. The van der Waals surface area contributed by atoms with E-state index in [0.29, 0.717) is 6.04 Å². The van der Waals surface area contributed by atoms with Gasteiger partial charge in [-0.1, -0.05) is 38.5 Å². The van der Waals surface area contributed by atoms with Crippen molar-refractivity contribution in [3.05, 3.63) is 29.8 Å². The van der Waals surface area contributed by atoms with Crippen LogP contribution < -0.4 is 5.32 Å². The maximum atomic E-state index is 3.76. The van der Waals surface area contributed by atoms with Crippen molar-refractivity contribution in [2.24, 2.45) is 17.8 Å². The van der Waals surface area contributed by atoms with E-state index < -0.39 is 0 Å². The molecule has 1 saturated carbocycles. The summed E-state index contributed by atoms with van der Waals surface area (Å²) in [4.78, 5) is 1.41. The fourth-order valence-corrected chi connectivity index (χ4v) is 5.06. The Morgan fingerprint density at radius 1 is 1.19 bits per heavy atom. The van der Waals surface area contributed by atoms with Crippen molar-refractivity contribution in [2.75, 3.05) is 12.3 Å². The van der Waals surface area contributed by atoms with Crippen LogP contribution in [0, 0.1) is 24.7 Å². The number of aryl methyl sites for hydroxylation is 1. The molecule has 1 fully saturated rings. The summed E-state index contributed by atoms with van der Waals surface area (Å²) in [5.74, 6) is 3.83. The molecule has 118 valence electrons. The molecular weight excluding hydrogens is 274 g/mol. The SMILES string of the molecule is CCNC(CSc1cccc(C)c1)C1CC(C)CC(C)C1. The third kappa shape index (κ3) is 5.34. The molecule has 2 heteroatoms. The summed E-state index contributed by atoms with van der Waals surface area (Å²) in [5.41, 5.74) is 1.36. The van der Waals surface area contributed by atoms with Gasteiger partial charge in [0.05, 0.1) is 0 Å². The fourth-order valence-electron chi connectivity index (χ4n) is 3.85. The summed E-state index contributed by atoms with van der Waals surface area (Å²) in [6.07, 6.45) is 4.22. The first kappa shape index (κ1) is 16.9. The molecule has 2 rings (SSSR count). The average molecular weight is 306 g/mol. The Hall–Kier alpha value is -0.470. The summed E-state index contributed by atoms with van der Waals surface area (Å²) >= 11 is 2.02. The first-order valence-electron chi connectivity index (χ1n) is 8.51. The van der Waals surface area contributed by atoms with Gasteiger partial charge in [0.2, 0.25) is 0 Å². The highest BCUT2D eigenvalue weighted by molar-refractivity contribution is 7.99. The van der Waals surface area contributed by atoms with Crippen molar-refractivity contribution in [3.63, 3.8) is 0 Å². The number of thioether (sulfide) groups is 1. The highest BCUT2D eigenvalue weighted by Gasteiger charge is 2.29. The van der Waals surface area contributed by atoms with Crippen LogP contribution in [0.4, 0.5) is 0 Å². The van der Waals surface area contributed by atoms with Crippen LogP contribution in [0.1, 0.15) is 45.6 Å². The Labute approximate surface area is 135 Å². The Morgan fingerprint density at radius 2 is 1.90 bits per heavy atom. The molecule has 3 unspecified atom stereocenters. The summed E-state index contributed by atoms with van der Waals surface area (Å²) in [6.45, 7) is 10.4. The molecule has 1 N–H and O–H groups in total. The van der Waals surface area contributed by atoms with Gasteiger partial charge < -0.3 is 5.32 Å². The summed E-state index contributed by atoms with van der Waals surface area (Å²) in [7, 11) is 0. The van der Waals surface area contributed by atoms with E-state index in [1.54, 1.807) is 0 Å². The highest BCUT2D eigenvalue weighted by Crippen LogP contribution is 2.36. The molecule has 0 heterocycles. The minimum absolute atomic E-state index is 0.658. The minimum Gasteiger partial charge on any atom is -0.313 e. The second kappa shape index (κ2) is 8.24. The van der Waals surface area contributed by atoms with Crippen molar-refractivity contribution < 1.29 is 0 Å². The molecule has 0 saturated heterocycles. The topological polar surface area (TPSA) is 12.0 Å². The van der Waals surface area contributed by atoms with Gasteiger partial charge in [0.1, 0.15) is 0 Å². The molecule has 0 spiro atoms. The second-order valence-corrected chi connectivity index (χ2v) is 8.06. The monoisotopic (exact) mass is 305 g/mol. The van der Waals surface area contributed by atoms with Crippen LogP contribution in [0.15, 0.2) is 29.2 Å². The third-order valence-electron chi connectivity index (χ3n) is 4.67. The summed E-state index contributed by atoms with van der Waals surface area (Å²) < 4.78 is 0. The van der Waals surface area contributed by atoms with Gasteiger partial charge >= 0.3 is 0 Å². The van der Waals surface area contributed by atoms with Crippen LogP contribution in [-0.2, 0) is 0 Å². The number of rotatable bonds is 6. The van der Waals surface area contributed by atoms with E-state index in [9.17, 15) is 0 Å². The van der Waals surface area contributed by atoms with E-state index in [-0.39, 0.29) is 0 Å². The second-order valence-electron chi connectivity index (χ2n) is 6.97. The predicted molar refractivity (Wildman–Crippen MR) is 95.0 cm³/mol. The molecule has 0 aliphatic heterocycles. The number of hydrogen-bond acceptors (Lipinski definition) is 2. The lowest BCUT2D eigenvalue weighted by atomic mass is 9.74. The maximum Gasteiger partial charge on any atom is 0.0190 e. The molecular formula is C19H31NS. The quantitative estimate of drug-likeness (QED) is 0.731. The molecule has 1 aromatic rings. The molecule has 1 aliphatic rings. The predicted octanol–water partition coefficient (Wildman–Crippen LogP) is 5.14. The Bertz CT molecular complexity index is 421. The van der Waals surface area contributed by atoms with Crippen LogP contribution in [0.2, 0.25) is 0 Å². The zero-order valence-electron chi connectivity index (χ0n) is 14.1. The van der Waals surface area contributed by atoms with Gasteiger partial charge in [0.15, 0.2) is 0 Å². The van der Waals surface area contributed by atoms with Gasteiger partial charge in [0, 0.05) is 16.7 Å². The average Bonchev–Trinajstić information content (AvgIpc) is 2.42. The lowest BCUT2D eigenvalue weighted by molar-refractivity contribution is 0.185. The van der Waals surface area contributed by atoms with E-state index in [1.165, 1.54) is 35.5 Å². The van der Waals surface area contributed by atoms with Gasteiger partial charge in [-0.15, -0.1) is 11.8 Å². The van der Waals surface area contributed by atoms with E-state index in [1.807, 2.05) is 11.8 Å². The number of nitrogens with one attached hydrogen (secondary N) is 1. The zero-order valence-corrected chi connectivity index (χ0v) is 14.9. The largest absolute Gasteiger partial charge is 0.313 e. The van der Waals surface area contributed by atoms with E-state index >= 15 is 0 Å². The Morgan fingerprint density at radius 3 is 2.52 bits per heavy atom. The zero-order chi connectivity index (χ0) is 15.2. The molecule has 1 aliphatic carbocycles. The van der Waals surface area contributed by atoms with Gasteiger partial charge in [-0.3, -0.25) is 0 Å². The van der Waals surface area contributed by atoms with Crippen LogP contribution in [0.3, 0.4) is 0 Å². The normalized spacial score (nSPS) is 27.5. The highest BCUT2D eigenvalue weighted by atomic mass is 32.2. The smallest absolute Gasteiger partial charge is 0.0190 e. The van der Waals surface area contributed by atoms with Crippen LogP contribution in [0.25, 0.3) is 0 Å². The third-order valence-corrected chi connectivity index (χ3v) is 5.78. The molecule has 0 radical (unpaired) electrons. The van der Waals surface area contributed by atoms with Crippen molar-refractivity contribution in [1.82, 2.24) is 5.32 Å². The molecule has 0 amide bonds. The van der Waals surface area contributed by atoms with E-state index in [2.05, 4.69) is 57.3 Å². The number of benzene rings is 1. The Kier molecular flexibility index (Phi) is 6.63. The van der Waals surface area contributed by atoms with Gasteiger partial charge in [-0.25, -0.2) is 0 Å². The number of hydrogen-bond donors (Lipinski definition) is 1. The molecule has 21 heavy (non-hydrogen) atoms. The van der Waals surface area contributed by atoms with Gasteiger partial charge in [-0.05, 0) is 62.6 Å². The Balaban J connectivity index is 1.95. The van der Waals surface area contributed by atoms with Crippen molar-refractivity contribution in [2.45, 2.75) is 57.9 Å². The lowest BCUT2D eigenvalue weighted by Gasteiger charge is -2.37. The van der Waals surface area contributed by atoms with Crippen LogP contribution in [-0.4, -0.2) is 18.3 Å². The van der Waals surface area contributed by atoms with Crippen molar-refractivity contribution >= 4 is 11.8 Å². The summed E-state index contributed by atoms with van der Waals surface area (Å²) in [5, 5.41) is 3.76. The van der Waals surface area contributed by atoms with Gasteiger partial charge in [-0.2, -0.15) is 0 Å². The summed E-state index contributed by atoms with van der Waals surface area (Å²) in [6, 6.07) is 9.55. The molecule has 1 aromatic carbocycles. The molecule has 0 aromatic heterocycles. The minimum atomic E-state index is 0.658. The van der Waals surface area contributed by atoms with Crippen LogP contribution >= 0.6 is 11.8 Å². The first-order valence-corrected chi connectivity index (χ1v) is 9.49. The maximum absolute atomic E-state index is 3.76. The first-order chi connectivity index (χ1) is 10.1. The molecule has 1 nitrogen and oxygen atoms in total. The van der Waals surface area contributed by atoms with Gasteiger partial charge in [0.25, 0.3) is 0 Å². The standard InChI is InChI=1S/C19H31NS/c1-5-20-19(17-10-15(3)9-16(4)11-17)13-21-18-8-6-7-14(2)12-18/h6-8,12,15-17,19-20H,5,9-11,13H2,1-4H3.